The van der Waals surface area contributed by atoms with E-state index in [1.54, 1.807) is 11.8 Å². The zero-order chi connectivity index (χ0) is 15.1. The molecule has 0 saturated carbocycles. The largest absolute Gasteiger partial charge is 0.353 e. The average molecular weight is 307 g/mol. The molecule has 0 unspecified atom stereocenters. The van der Waals surface area contributed by atoms with Gasteiger partial charge in [0.2, 0.25) is 5.91 Å². The minimum absolute atomic E-state index is 0.194. The molecule has 2 rings (SSSR count). The number of thioether (sulfide) groups is 1. The van der Waals surface area contributed by atoms with Crippen molar-refractivity contribution in [3.63, 3.8) is 0 Å². The van der Waals surface area contributed by atoms with Crippen molar-refractivity contribution in [2.75, 3.05) is 19.3 Å². The van der Waals surface area contributed by atoms with Gasteiger partial charge in [0.05, 0.1) is 5.69 Å². The van der Waals surface area contributed by atoms with Gasteiger partial charge in [-0.3, -0.25) is 14.7 Å². The number of pyridine rings is 1. The molecule has 1 N–H and O–H groups in total. The van der Waals surface area contributed by atoms with Crippen molar-refractivity contribution >= 4 is 17.7 Å². The van der Waals surface area contributed by atoms with Crippen molar-refractivity contribution in [1.82, 2.24) is 15.2 Å². The minimum atomic E-state index is 0.194. The predicted octanol–water partition coefficient (Wildman–Crippen LogP) is 2.30. The summed E-state index contributed by atoms with van der Waals surface area (Å²) in [4.78, 5) is 18.7. The van der Waals surface area contributed by atoms with Crippen LogP contribution >= 0.6 is 11.8 Å². The Morgan fingerprint density at radius 2 is 2.24 bits per heavy atom. The van der Waals surface area contributed by atoms with Gasteiger partial charge >= 0.3 is 0 Å². The van der Waals surface area contributed by atoms with Gasteiger partial charge in [0.15, 0.2) is 0 Å². The summed E-state index contributed by atoms with van der Waals surface area (Å²) in [6.07, 6.45) is 6.58. The van der Waals surface area contributed by atoms with Gasteiger partial charge in [-0.05, 0) is 31.2 Å². The standard InChI is InChI=1S/C16H25N3OS/c1-13(21-2)11-16(20)18-14-6-9-19(10-7-14)12-15-5-3-4-8-17-15/h3-5,8,13-14H,6-7,9-12H2,1-2H3,(H,18,20)/t13-/m0/s1. The van der Waals surface area contributed by atoms with Gasteiger partial charge in [-0.15, -0.1) is 0 Å². The Bertz CT molecular complexity index is 432. The molecule has 0 spiro atoms. The van der Waals surface area contributed by atoms with Crippen LogP contribution in [0.1, 0.15) is 31.9 Å². The number of aromatic nitrogens is 1. The molecule has 1 aromatic rings. The van der Waals surface area contributed by atoms with Crippen LogP contribution in [0.5, 0.6) is 0 Å². The van der Waals surface area contributed by atoms with Crippen LogP contribution in [0.15, 0.2) is 24.4 Å². The molecule has 1 fully saturated rings. The van der Waals surface area contributed by atoms with Gasteiger partial charge < -0.3 is 5.32 Å². The molecule has 1 atom stereocenters. The quantitative estimate of drug-likeness (QED) is 0.876. The summed E-state index contributed by atoms with van der Waals surface area (Å²) in [7, 11) is 0. The highest BCUT2D eigenvalue weighted by molar-refractivity contribution is 7.99. The number of piperidine rings is 1. The van der Waals surface area contributed by atoms with Gasteiger partial charge in [0.1, 0.15) is 0 Å². The minimum Gasteiger partial charge on any atom is -0.353 e. The second-order valence-electron chi connectivity index (χ2n) is 5.69. The number of hydrogen-bond acceptors (Lipinski definition) is 4. The first-order valence-electron chi connectivity index (χ1n) is 7.62. The lowest BCUT2D eigenvalue weighted by atomic mass is 10.0. The summed E-state index contributed by atoms with van der Waals surface area (Å²) in [5, 5.41) is 3.57. The molecule has 1 amide bonds. The van der Waals surface area contributed by atoms with Crippen molar-refractivity contribution in [2.45, 2.75) is 44.0 Å². The zero-order valence-corrected chi connectivity index (χ0v) is 13.7. The number of carbonyl (C=O) groups is 1. The van der Waals surface area contributed by atoms with Crippen LogP contribution < -0.4 is 5.32 Å². The molecular weight excluding hydrogens is 282 g/mol. The highest BCUT2D eigenvalue weighted by atomic mass is 32.2. The molecule has 1 aromatic heterocycles. The van der Waals surface area contributed by atoms with Gasteiger partial charge in [-0.1, -0.05) is 13.0 Å². The second-order valence-corrected chi connectivity index (χ2v) is 6.97. The lowest BCUT2D eigenvalue weighted by Crippen LogP contribution is -2.44. The van der Waals surface area contributed by atoms with E-state index >= 15 is 0 Å². The first-order chi connectivity index (χ1) is 10.2. The van der Waals surface area contributed by atoms with E-state index in [1.807, 2.05) is 24.6 Å². The van der Waals surface area contributed by atoms with Gasteiger partial charge in [0, 0.05) is 43.5 Å². The lowest BCUT2D eigenvalue weighted by Gasteiger charge is -2.32. The van der Waals surface area contributed by atoms with E-state index in [4.69, 9.17) is 0 Å². The Balaban J connectivity index is 1.69. The van der Waals surface area contributed by atoms with E-state index in [0.29, 0.717) is 17.7 Å². The van der Waals surface area contributed by atoms with Crippen molar-refractivity contribution < 1.29 is 4.79 Å². The van der Waals surface area contributed by atoms with Crippen molar-refractivity contribution in [3.05, 3.63) is 30.1 Å². The normalized spacial score (nSPS) is 18.4. The molecule has 116 valence electrons. The second kappa shape index (κ2) is 8.39. The van der Waals surface area contributed by atoms with Crippen LogP contribution in [0.3, 0.4) is 0 Å². The molecule has 0 radical (unpaired) electrons. The fourth-order valence-corrected chi connectivity index (χ4v) is 2.91. The summed E-state index contributed by atoms with van der Waals surface area (Å²) in [5.41, 5.74) is 1.12. The summed E-state index contributed by atoms with van der Waals surface area (Å²) in [6, 6.07) is 6.38. The molecule has 21 heavy (non-hydrogen) atoms. The van der Waals surface area contributed by atoms with E-state index in [1.165, 1.54) is 0 Å². The van der Waals surface area contributed by atoms with Crippen LogP contribution in [0, 0.1) is 0 Å². The number of likely N-dealkylation sites (tertiary alicyclic amines) is 1. The average Bonchev–Trinajstić information content (AvgIpc) is 2.50. The van der Waals surface area contributed by atoms with Crippen LogP contribution in [-0.4, -0.2) is 46.4 Å². The Labute approximate surface area is 131 Å². The van der Waals surface area contributed by atoms with Crippen LogP contribution in [-0.2, 0) is 11.3 Å². The molecule has 4 nitrogen and oxygen atoms in total. The summed E-state index contributed by atoms with van der Waals surface area (Å²) < 4.78 is 0. The fraction of sp³-hybridized carbons (Fsp3) is 0.625. The van der Waals surface area contributed by atoms with Gasteiger partial charge in [-0.2, -0.15) is 11.8 Å². The lowest BCUT2D eigenvalue weighted by molar-refractivity contribution is -0.122. The van der Waals surface area contributed by atoms with E-state index < -0.39 is 0 Å². The molecule has 2 heterocycles. The Morgan fingerprint density at radius 1 is 1.48 bits per heavy atom. The highest BCUT2D eigenvalue weighted by Gasteiger charge is 2.21. The molecule has 5 heteroatoms. The number of rotatable bonds is 6. The fourth-order valence-electron chi connectivity index (χ4n) is 2.59. The van der Waals surface area contributed by atoms with Gasteiger partial charge in [0.25, 0.3) is 0 Å². The maximum absolute atomic E-state index is 11.9. The van der Waals surface area contributed by atoms with E-state index in [2.05, 4.69) is 28.2 Å². The van der Waals surface area contributed by atoms with Crippen LogP contribution in [0.4, 0.5) is 0 Å². The number of hydrogen-bond donors (Lipinski definition) is 1. The van der Waals surface area contributed by atoms with Crippen molar-refractivity contribution in [2.24, 2.45) is 0 Å². The number of amides is 1. The Morgan fingerprint density at radius 3 is 2.86 bits per heavy atom. The third-order valence-electron chi connectivity index (χ3n) is 3.94. The van der Waals surface area contributed by atoms with Crippen LogP contribution in [0.25, 0.3) is 0 Å². The molecule has 0 aromatic carbocycles. The molecule has 1 aliphatic rings. The zero-order valence-electron chi connectivity index (χ0n) is 12.9. The maximum Gasteiger partial charge on any atom is 0.221 e. The first kappa shape index (κ1) is 16.3. The smallest absolute Gasteiger partial charge is 0.221 e. The van der Waals surface area contributed by atoms with E-state index in [9.17, 15) is 4.79 Å². The first-order valence-corrected chi connectivity index (χ1v) is 8.90. The Kier molecular flexibility index (Phi) is 6.51. The molecule has 1 saturated heterocycles. The van der Waals surface area contributed by atoms with Gasteiger partial charge in [-0.25, -0.2) is 0 Å². The molecule has 1 aliphatic heterocycles. The molecule has 0 bridgehead atoms. The monoisotopic (exact) mass is 307 g/mol. The maximum atomic E-state index is 11.9. The highest BCUT2D eigenvalue weighted by Crippen LogP contribution is 2.14. The third-order valence-corrected chi connectivity index (χ3v) is 4.91. The van der Waals surface area contributed by atoms with E-state index in [-0.39, 0.29) is 5.91 Å². The van der Waals surface area contributed by atoms with Crippen molar-refractivity contribution in [3.8, 4) is 0 Å². The molecule has 0 aliphatic carbocycles. The SMILES string of the molecule is CS[C@@H](C)CC(=O)NC1CCN(Cc2ccccn2)CC1. The third kappa shape index (κ3) is 5.67. The molecular formula is C16H25N3OS. The summed E-state index contributed by atoms with van der Waals surface area (Å²) >= 11 is 1.74. The topological polar surface area (TPSA) is 45.2 Å². The van der Waals surface area contributed by atoms with E-state index in [0.717, 1.165) is 38.2 Å². The predicted molar refractivity (Wildman–Crippen MR) is 88.3 cm³/mol. The Hall–Kier alpha value is -1.07. The number of nitrogens with one attached hydrogen (secondary N) is 1. The van der Waals surface area contributed by atoms with Crippen molar-refractivity contribution in [1.29, 1.82) is 0 Å². The number of nitrogens with zero attached hydrogens (tertiary/aromatic N) is 2. The number of carbonyl (C=O) groups excluding carboxylic acids is 1. The summed E-state index contributed by atoms with van der Waals surface area (Å²) in [6.45, 7) is 5.06. The summed E-state index contributed by atoms with van der Waals surface area (Å²) in [5.74, 6) is 0.194. The van der Waals surface area contributed by atoms with Crippen LogP contribution in [0.2, 0.25) is 0 Å².